The molecule has 0 aliphatic heterocycles. The molecule has 0 saturated carbocycles. The van der Waals surface area contributed by atoms with Crippen molar-refractivity contribution in [3.05, 3.63) is 35.4 Å². The van der Waals surface area contributed by atoms with Gasteiger partial charge in [0.05, 0.1) is 5.92 Å². The molecule has 0 radical (unpaired) electrons. The molecule has 20 heavy (non-hydrogen) atoms. The Balaban J connectivity index is 1.81. The van der Waals surface area contributed by atoms with Crippen LogP contribution in [0.1, 0.15) is 31.9 Å². The van der Waals surface area contributed by atoms with Crippen molar-refractivity contribution in [2.24, 2.45) is 5.92 Å². The van der Waals surface area contributed by atoms with Gasteiger partial charge in [0, 0.05) is 0 Å². The molecule has 0 saturated heterocycles. The fourth-order valence-electron chi connectivity index (χ4n) is 2.34. The van der Waals surface area contributed by atoms with E-state index >= 15 is 0 Å². The summed E-state index contributed by atoms with van der Waals surface area (Å²) in [6.45, 7) is 5.02. The molecule has 0 amide bonds. The van der Waals surface area contributed by atoms with Crippen LogP contribution in [0.15, 0.2) is 24.3 Å². The molecule has 0 atom stereocenters. The number of esters is 2. The van der Waals surface area contributed by atoms with E-state index in [0.717, 1.165) is 0 Å². The molecule has 0 fully saturated rings. The minimum Gasteiger partial charge on any atom is -0.457 e. The summed E-state index contributed by atoms with van der Waals surface area (Å²) >= 11 is 0. The molecular weight excluding hydrogens is 256 g/mol. The maximum absolute atomic E-state index is 12.0. The van der Waals surface area contributed by atoms with Crippen LogP contribution in [-0.2, 0) is 31.9 Å². The molecule has 2 rings (SSSR count). The monoisotopic (exact) mass is 276 g/mol. The highest BCUT2D eigenvalue weighted by molar-refractivity contribution is 5.79. The number of ether oxygens (including phenoxy) is 2. The van der Waals surface area contributed by atoms with Crippen molar-refractivity contribution in [1.29, 1.82) is 0 Å². The number of carbonyl (C=O) groups excluding carboxylic acids is 2. The Kier molecular flexibility index (Phi) is 4.12. The third kappa shape index (κ3) is 3.83. The maximum Gasteiger partial charge on any atom is 0.344 e. The van der Waals surface area contributed by atoms with Crippen LogP contribution in [0.3, 0.4) is 0 Å². The fraction of sp³-hybridized carbons (Fsp3) is 0.500. The molecule has 0 bridgehead atoms. The van der Waals surface area contributed by atoms with Crippen LogP contribution in [0.2, 0.25) is 0 Å². The van der Waals surface area contributed by atoms with E-state index in [1.54, 1.807) is 20.8 Å². The number of hydrogen-bond donors (Lipinski definition) is 0. The van der Waals surface area contributed by atoms with Gasteiger partial charge in [0.2, 0.25) is 0 Å². The quantitative estimate of drug-likeness (QED) is 0.795. The van der Waals surface area contributed by atoms with E-state index in [0.29, 0.717) is 12.8 Å². The first-order valence-electron chi connectivity index (χ1n) is 6.80. The number of fused-ring (bicyclic) bond motifs is 1. The summed E-state index contributed by atoms with van der Waals surface area (Å²) in [6.07, 6.45) is 1.37. The highest BCUT2D eigenvalue weighted by atomic mass is 16.6. The summed E-state index contributed by atoms with van der Waals surface area (Å²) in [5.41, 5.74) is 1.81. The number of hydrogen-bond acceptors (Lipinski definition) is 4. The number of carbonyl (C=O) groups is 2. The molecule has 1 aromatic carbocycles. The van der Waals surface area contributed by atoms with Crippen molar-refractivity contribution in [1.82, 2.24) is 0 Å². The Labute approximate surface area is 119 Å². The minimum atomic E-state index is -0.562. The Morgan fingerprint density at radius 3 is 2.20 bits per heavy atom. The molecule has 4 nitrogen and oxygen atoms in total. The van der Waals surface area contributed by atoms with Crippen LogP contribution < -0.4 is 0 Å². The van der Waals surface area contributed by atoms with E-state index in [1.807, 2.05) is 24.3 Å². The fourth-order valence-corrected chi connectivity index (χ4v) is 2.34. The average molecular weight is 276 g/mol. The van der Waals surface area contributed by atoms with Crippen LogP contribution in [-0.4, -0.2) is 24.1 Å². The second-order valence-electron chi connectivity index (χ2n) is 6.07. The van der Waals surface area contributed by atoms with E-state index in [2.05, 4.69) is 0 Å². The Morgan fingerprint density at radius 2 is 1.70 bits per heavy atom. The zero-order valence-electron chi connectivity index (χ0n) is 12.1. The van der Waals surface area contributed by atoms with Gasteiger partial charge in [-0.1, -0.05) is 24.3 Å². The molecule has 0 heterocycles. The summed E-state index contributed by atoms with van der Waals surface area (Å²) in [4.78, 5) is 23.5. The average Bonchev–Trinajstić information content (AvgIpc) is 2.77. The van der Waals surface area contributed by atoms with Crippen molar-refractivity contribution >= 4 is 11.9 Å². The van der Waals surface area contributed by atoms with Crippen molar-refractivity contribution < 1.29 is 19.1 Å². The first kappa shape index (κ1) is 14.6. The van der Waals surface area contributed by atoms with Crippen LogP contribution >= 0.6 is 0 Å². The second-order valence-corrected chi connectivity index (χ2v) is 6.07. The van der Waals surface area contributed by atoms with Crippen LogP contribution in [0.4, 0.5) is 0 Å². The second kappa shape index (κ2) is 5.65. The van der Waals surface area contributed by atoms with Gasteiger partial charge in [-0.3, -0.25) is 4.79 Å². The van der Waals surface area contributed by atoms with Crippen molar-refractivity contribution in [3.8, 4) is 0 Å². The number of rotatable bonds is 3. The predicted molar refractivity (Wildman–Crippen MR) is 74.1 cm³/mol. The topological polar surface area (TPSA) is 52.6 Å². The predicted octanol–water partition coefficient (Wildman–Crippen LogP) is 2.29. The SMILES string of the molecule is CC(C)(C)OC(=O)COC(=O)C1Cc2ccccc2C1. The standard InChI is InChI=1S/C16H20O4/c1-16(2,3)20-14(17)10-19-15(18)13-8-11-6-4-5-7-12(11)9-13/h4-7,13H,8-10H2,1-3H3. The lowest BCUT2D eigenvalue weighted by Crippen LogP contribution is -2.29. The maximum atomic E-state index is 12.0. The van der Waals surface area contributed by atoms with Crippen LogP contribution in [0, 0.1) is 5.92 Å². The van der Waals surface area contributed by atoms with Gasteiger partial charge >= 0.3 is 11.9 Å². The van der Waals surface area contributed by atoms with Gasteiger partial charge in [0.25, 0.3) is 0 Å². The van der Waals surface area contributed by atoms with Gasteiger partial charge in [0.1, 0.15) is 5.60 Å². The Morgan fingerprint density at radius 1 is 1.15 bits per heavy atom. The molecule has 0 aromatic heterocycles. The van der Waals surface area contributed by atoms with Crippen LogP contribution in [0.25, 0.3) is 0 Å². The first-order valence-corrected chi connectivity index (χ1v) is 6.80. The summed E-state index contributed by atoms with van der Waals surface area (Å²) in [5, 5.41) is 0. The van der Waals surface area contributed by atoms with Crippen molar-refractivity contribution in [2.45, 2.75) is 39.2 Å². The molecule has 1 aromatic rings. The molecule has 0 N–H and O–H groups in total. The lowest BCUT2D eigenvalue weighted by atomic mass is 10.1. The zero-order chi connectivity index (χ0) is 14.8. The lowest BCUT2D eigenvalue weighted by Gasteiger charge is -2.19. The van der Waals surface area contributed by atoms with Gasteiger partial charge in [-0.05, 0) is 44.7 Å². The number of benzene rings is 1. The lowest BCUT2D eigenvalue weighted by molar-refractivity contribution is -0.168. The normalized spacial score (nSPS) is 14.8. The van der Waals surface area contributed by atoms with E-state index < -0.39 is 11.6 Å². The molecule has 0 unspecified atom stereocenters. The molecule has 1 aliphatic rings. The smallest absolute Gasteiger partial charge is 0.344 e. The minimum absolute atomic E-state index is 0.185. The van der Waals surface area contributed by atoms with Gasteiger partial charge < -0.3 is 9.47 Å². The summed E-state index contributed by atoms with van der Waals surface area (Å²) < 4.78 is 10.1. The summed E-state index contributed by atoms with van der Waals surface area (Å²) in [5.74, 6) is -1.02. The largest absolute Gasteiger partial charge is 0.457 e. The van der Waals surface area contributed by atoms with Crippen LogP contribution in [0.5, 0.6) is 0 Å². The van der Waals surface area contributed by atoms with Crippen molar-refractivity contribution in [2.75, 3.05) is 6.61 Å². The third-order valence-corrected chi connectivity index (χ3v) is 3.14. The molecule has 4 heteroatoms. The highest BCUT2D eigenvalue weighted by Crippen LogP contribution is 2.27. The van der Waals surface area contributed by atoms with E-state index in [9.17, 15) is 9.59 Å². The van der Waals surface area contributed by atoms with E-state index in [1.165, 1.54) is 11.1 Å². The molecule has 0 spiro atoms. The third-order valence-electron chi connectivity index (χ3n) is 3.14. The zero-order valence-corrected chi connectivity index (χ0v) is 12.1. The van der Waals surface area contributed by atoms with Gasteiger partial charge in [0.15, 0.2) is 6.61 Å². The summed E-state index contributed by atoms with van der Waals surface area (Å²) in [7, 11) is 0. The van der Waals surface area contributed by atoms with E-state index in [-0.39, 0.29) is 18.5 Å². The van der Waals surface area contributed by atoms with E-state index in [4.69, 9.17) is 9.47 Å². The first-order chi connectivity index (χ1) is 9.35. The molecular formula is C16H20O4. The van der Waals surface area contributed by atoms with Gasteiger partial charge in [-0.2, -0.15) is 0 Å². The highest BCUT2D eigenvalue weighted by Gasteiger charge is 2.29. The van der Waals surface area contributed by atoms with Gasteiger partial charge in [-0.15, -0.1) is 0 Å². The molecule has 108 valence electrons. The summed E-state index contributed by atoms with van der Waals surface area (Å²) in [6, 6.07) is 7.98. The van der Waals surface area contributed by atoms with Gasteiger partial charge in [-0.25, -0.2) is 4.79 Å². The Bertz CT molecular complexity index is 488. The molecule has 1 aliphatic carbocycles. The Hall–Kier alpha value is -1.84. The van der Waals surface area contributed by atoms with Crippen molar-refractivity contribution in [3.63, 3.8) is 0 Å².